The van der Waals surface area contributed by atoms with Crippen LogP contribution in [0.1, 0.15) is 50.3 Å². The quantitative estimate of drug-likeness (QED) is 0.609. The molecule has 0 aliphatic carbocycles. The van der Waals surface area contributed by atoms with Crippen LogP contribution in [0, 0.1) is 12.8 Å². The van der Waals surface area contributed by atoms with E-state index in [0.29, 0.717) is 18.2 Å². The highest BCUT2D eigenvalue weighted by molar-refractivity contribution is 7.13. The number of hydrogen-bond donors (Lipinski definition) is 1. The zero-order chi connectivity index (χ0) is 19.8. The smallest absolute Gasteiger partial charge is 0.226 e. The molecule has 2 heterocycles. The number of carbonyl (C=O) groups is 1. The molecular weight excluding hydrogens is 370 g/mol. The number of thiazole rings is 1. The van der Waals surface area contributed by atoms with Crippen LogP contribution in [0.3, 0.4) is 0 Å². The fraction of sp³-hybridized carbons (Fsp3) is 0.545. The molecule has 1 atom stereocenters. The third-order valence-corrected chi connectivity index (χ3v) is 5.79. The minimum Gasteiger partial charge on any atom is -0.494 e. The van der Waals surface area contributed by atoms with E-state index in [4.69, 9.17) is 4.74 Å². The van der Waals surface area contributed by atoms with Gasteiger partial charge in [-0.25, -0.2) is 4.98 Å². The minimum atomic E-state index is 0.0306. The van der Waals surface area contributed by atoms with Crippen molar-refractivity contribution >= 4 is 22.4 Å². The molecular formula is C22H31N3O2S. The number of anilines is 1. The second-order valence-electron chi connectivity index (χ2n) is 7.80. The van der Waals surface area contributed by atoms with Crippen molar-refractivity contribution in [2.45, 2.75) is 52.5 Å². The highest BCUT2D eigenvalue weighted by Gasteiger charge is 2.17. The Balaban J connectivity index is 1.32. The van der Waals surface area contributed by atoms with E-state index < -0.39 is 0 Å². The average Bonchev–Trinajstić information content (AvgIpc) is 3.08. The molecule has 0 radical (unpaired) electrons. The summed E-state index contributed by atoms with van der Waals surface area (Å²) in [4.78, 5) is 19.2. The Bertz CT molecular complexity index is 762. The van der Waals surface area contributed by atoms with Gasteiger partial charge in [0.05, 0.1) is 12.3 Å². The third-order valence-electron chi connectivity index (χ3n) is 4.98. The molecule has 2 aromatic rings. The Morgan fingerprint density at radius 2 is 2.29 bits per heavy atom. The number of nitrogens with one attached hydrogen (secondary N) is 1. The molecule has 0 saturated carbocycles. The molecule has 1 aliphatic rings. The number of amides is 1. The maximum Gasteiger partial charge on any atom is 0.226 e. The maximum atomic E-state index is 12.1. The van der Waals surface area contributed by atoms with Gasteiger partial charge in [-0.05, 0) is 62.8 Å². The summed E-state index contributed by atoms with van der Waals surface area (Å²) in [6.45, 7) is 8.16. The third kappa shape index (κ3) is 6.91. The number of unbranched alkanes of at least 4 members (excludes halogenated alkanes) is 1. The number of aromatic nitrogens is 1. The summed E-state index contributed by atoms with van der Waals surface area (Å²) in [6.07, 6.45) is 4.75. The number of benzene rings is 1. The lowest BCUT2D eigenvalue weighted by Crippen LogP contribution is -2.33. The highest BCUT2D eigenvalue weighted by atomic mass is 32.1. The average molecular weight is 402 g/mol. The first-order chi connectivity index (χ1) is 13.6. The van der Waals surface area contributed by atoms with Gasteiger partial charge in [0.2, 0.25) is 5.91 Å². The standard InChI is InChI=1S/C22H31N3O2S/c1-17-7-5-9-20(13-17)27-12-4-3-10-21(26)24-22-23-19(16-28-22)15-25-11-6-8-18(2)14-25/h5,7,9,13,16,18H,3-4,6,8,10-12,14-15H2,1-2H3,(H,23,24,26). The second kappa shape index (κ2) is 10.6. The van der Waals surface area contributed by atoms with E-state index in [1.54, 1.807) is 0 Å². The number of likely N-dealkylation sites (tertiary alicyclic amines) is 1. The molecule has 1 fully saturated rings. The molecule has 3 rings (SSSR count). The Hall–Kier alpha value is -1.92. The predicted octanol–water partition coefficient (Wildman–Crippen LogP) is 4.87. The SMILES string of the molecule is Cc1cccc(OCCCCC(=O)Nc2nc(CN3CCCC(C)C3)cs2)c1. The number of ether oxygens (including phenoxy) is 1. The van der Waals surface area contributed by atoms with Crippen LogP contribution in [-0.4, -0.2) is 35.5 Å². The molecule has 1 saturated heterocycles. The van der Waals surface area contributed by atoms with Gasteiger partial charge in [0.25, 0.3) is 0 Å². The number of nitrogens with zero attached hydrogens (tertiary/aromatic N) is 2. The second-order valence-corrected chi connectivity index (χ2v) is 8.65. The number of aryl methyl sites for hydroxylation is 1. The van der Waals surface area contributed by atoms with Crippen molar-refractivity contribution in [1.29, 1.82) is 0 Å². The van der Waals surface area contributed by atoms with Gasteiger partial charge in [-0.1, -0.05) is 19.1 Å². The van der Waals surface area contributed by atoms with Crippen LogP contribution < -0.4 is 10.1 Å². The van der Waals surface area contributed by atoms with Gasteiger partial charge in [-0.2, -0.15) is 0 Å². The van der Waals surface area contributed by atoms with E-state index in [-0.39, 0.29) is 5.91 Å². The van der Waals surface area contributed by atoms with Crippen molar-refractivity contribution < 1.29 is 9.53 Å². The molecule has 1 unspecified atom stereocenters. The largest absolute Gasteiger partial charge is 0.494 e. The van der Waals surface area contributed by atoms with Gasteiger partial charge in [-0.3, -0.25) is 9.69 Å². The van der Waals surface area contributed by atoms with Gasteiger partial charge in [-0.15, -0.1) is 11.3 Å². The summed E-state index contributed by atoms with van der Waals surface area (Å²) in [5.74, 6) is 1.69. The Labute approximate surface area is 172 Å². The first-order valence-corrected chi connectivity index (χ1v) is 11.1. The van der Waals surface area contributed by atoms with Gasteiger partial charge >= 0.3 is 0 Å². The molecule has 28 heavy (non-hydrogen) atoms. The van der Waals surface area contributed by atoms with Gasteiger partial charge in [0.1, 0.15) is 5.75 Å². The molecule has 1 N–H and O–H groups in total. The Morgan fingerprint density at radius 1 is 1.39 bits per heavy atom. The highest BCUT2D eigenvalue weighted by Crippen LogP contribution is 2.21. The van der Waals surface area contributed by atoms with Crippen LogP contribution in [0.25, 0.3) is 0 Å². The lowest BCUT2D eigenvalue weighted by molar-refractivity contribution is -0.116. The van der Waals surface area contributed by atoms with E-state index >= 15 is 0 Å². The summed E-state index contributed by atoms with van der Waals surface area (Å²) < 4.78 is 5.72. The minimum absolute atomic E-state index is 0.0306. The molecule has 1 aliphatic heterocycles. The molecule has 5 nitrogen and oxygen atoms in total. The summed E-state index contributed by atoms with van der Waals surface area (Å²) in [5, 5.41) is 5.70. The molecule has 1 amide bonds. The van der Waals surface area contributed by atoms with E-state index in [1.165, 1.54) is 29.7 Å². The monoisotopic (exact) mass is 401 g/mol. The fourth-order valence-electron chi connectivity index (χ4n) is 3.56. The van der Waals surface area contributed by atoms with Crippen molar-refractivity contribution in [2.75, 3.05) is 25.0 Å². The molecule has 0 bridgehead atoms. The number of carbonyl (C=O) groups excluding carboxylic acids is 1. The summed E-state index contributed by atoms with van der Waals surface area (Å²) in [7, 11) is 0. The first kappa shape index (κ1) is 20.8. The van der Waals surface area contributed by atoms with Crippen LogP contribution in [-0.2, 0) is 11.3 Å². The van der Waals surface area contributed by atoms with Gasteiger partial charge in [0, 0.05) is 24.9 Å². The molecule has 0 spiro atoms. The van der Waals surface area contributed by atoms with Crippen molar-refractivity contribution in [1.82, 2.24) is 9.88 Å². The first-order valence-electron chi connectivity index (χ1n) is 10.2. The predicted molar refractivity (Wildman–Crippen MR) is 115 cm³/mol. The van der Waals surface area contributed by atoms with Crippen LogP contribution in [0.5, 0.6) is 5.75 Å². The lowest BCUT2D eigenvalue weighted by Gasteiger charge is -2.30. The molecule has 1 aromatic heterocycles. The molecule has 6 heteroatoms. The topological polar surface area (TPSA) is 54.5 Å². The van der Waals surface area contributed by atoms with Gasteiger partial charge in [0.15, 0.2) is 5.13 Å². The fourth-order valence-corrected chi connectivity index (χ4v) is 4.28. The van der Waals surface area contributed by atoms with Crippen LogP contribution >= 0.6 is 11.3 Å². The Morgan fingerprint density at radius 3 is 3.11 bits per heavy atom. The number of rotatable bonds is 9. The summed E-state index contributed by atoms with van der Waals surface area (Å²) in [6, 6.07) is 8.03. The van der Waals surface area contributed by atoms with E-state index in [0.717, 1.165) is 49.8 Å². The lowest BCUT2D eigenvalue weighted by atomic mass is 10.0. The number of hydrogen-bond acceptors (Lipinski definition) is 5. The summed E-state index contributed by atoms with van der Waals surface area (Å²) >= 11 is 1.52. The maximum absolute atomic E-state index is 12.1. The van der Waals surface area contributed by atoms with Crippen LogP contribution in [0.2, 0.25) is 0 Å². The van der Waals surface area contributed by atoms with Crippen molar-refractivity contribution in [2.24, 2.45) is 5.92 Å². The van der Waals surface area contributed by atoms with Crippen molar-refractivity contribution in [3.05, 3.63) is 40.9 Å². The van der Waals surface area contributed by atoms with Gasteiger partial charge < -0.3 is 10.1 Å². The van der Waals surface area contributed by atoms with Crippen molar-refractivity contribution in [3.63, 3.8) is 0 Å². The normalized spacial score (nSPS) is 17.4. The van der Waals surface area contributed by atoms with E-state index in [1.807, 2.05) is 31.2 Å². The van der Waals surface area contributed by atoms with Crippen LogP contribution in [0.4, 0.5) is 5.13 Å². The van der Waals surface area contributed by atoms with E-state index in [2.05, 4.69) is 27.5 Å². The number of piperidine rings is 1. The Kier molecular flexibility index (Phi) is 7.86. The van der Waals surface area contributed by atoms with Crippen molar-refractivity contribution in [3.8, 4) is 5.75 Å². The zero-order valence-corrected chi connectivity index (χ0v) is 17.8. The molecule has 152 valence electrons. The summed E-state index contributed by atoms with van der Waals surface area (Å²) in [5.41, 5.74) is 2.25. The molecule has 1 aromatic carbocycles. The van der Waals surface area contributed by atoms with E-state index in [9.17, 15) is 4.79 Å². The van der Waals surface area contributed by atoms with Crippen LogP contribution in [0.15, 0.2) is 29.6 Å². The zero-order valence-electron chi connectivity index (χ0n) is 16.9.